The van der Waals surface area contributed by atoms with Crippen LogP contribution in [0, 0.1) is 0 Å². The van der Waals surface area contributed by atoms with Crippen molar-refractivity contribution in [2.75, 3.05) is 20.1 Å². The summed E-state index contributed by atoms with van der Waals surface area (Å²) < 4.78 is 5.08. The van der Waals surface area contributed by atoms with E-state index in [1.165, 1.54) is 4.90 Å². The number of rotatable bonds is 3. The van der Waals surface area contributed by atoms with E-state index in [0.717, 1.165) is 0 Å². The lowest BCUT2D eigenvalue weighted by Gasteiger charge is -2.24. The molecule has 6 nitrogen and oxygen atoms in total. The second-order valence-corrected chi connectivity index (χ2v) is 3.86. The van der Waals surface area contributed by atoms with Crippen LogP contribution in [0.2, 0.25) is 0 Å². The molecule has 0 aromatic rings. The SMILES string of the molecule is CN(CCN=[N+]=[N-])C(=O)OC(C)(C)C. The Kier molecular flexibility index (Phi) is 4.80. The number of amides is 1. The van der Waals surface area contributed by atoms with Crippen molar-refractivity contribution in [2.45, 2.75) is 26.4 Å². The molecule has 0 radical (unpaired) electrons. The van der Waals surface area contributed by atoms with E-state index in [9.17, 15) is 4.79 Å². The van der Waals surface area contributed by atoms with E-state index in [1.807, 2.05) is 0 Å². The van der Waals surface area contributed by atoms with Gasteiger partial charge in [0.2, 0.25) is 0 Å². The maximum atomic E-state index is 11.3. The summed E-state index contributed by atoms with van der Waals surface area (Å²) in [5.41, 5.74) is 7.53. The van der Waals surface area contributed by atoms with Gasteiger partial charge in [0.25, 0.3) is 0 Å². The Morgan fingerprint density at radius 3 is 2.57 bits per heavy atom. The number of hydrogen-bond acceptors (Lipinski definition) is 3. The first-order valence-electron chi connectivity index (χ1n) is 4.32. The minimum atomic E-state index is -0.496. The van der Waals surface area contributed by atoms with Gasteiger partial charge in [0, 0.05) is 25.0 Å². The summed E-state index contributed by atoms with van der Waals surface area (Å²) in [6, 6.07) is 0. The normalized spacial score (nSPS) is 10.3. The first-order chi connectivity index (χ1) is 6.37. The molecule has 14 heavy (non-hydrogen) atoms. The topological polar surface area (TPSA) is 78.3 Å². The molecule has 0 aliphatic rings. The summed E-state index contributed by atoms with van der Waals surface area (Å²) in [5.74, 6) is 0. The molecule has 0 heterocycles. The molecule has 80 valence electrons. The van der Waals surface area contributed by atoms with Crippen LogP contribution in [-0.4, -0.2) is 36.7 Å². The summed E-state index contributed by atoms with van der Waals surface area (Å²) >= 11 is 0. The van der Waals surface area contributed by atoms with E-state index < -0.39 is 11.7 Å². The predicted octanol–water partition coefficient (Wildman–Crippen LogP) is 2.16. The fourth-order valence-corrected chi connectivity index (χ4v) is 0.671. The molecule has 1 amide bonds. The maximum absolute atomic E-state index is 11.3. The molecule has 0 bridgehead atoms. The highest BCUT2D eigenvalue weighted by Gasteiger charge is 2.18. The second-order valence-electron chi connectivity index (χ2n) is 3.86. The third-order valence-electron chi connectivity index (χ3n) is 1.30. The summed E-state index contributed by atoms with van der Waals surface area (Å²) in [5, 5.41) is 3.32. The third-order valence-corrected chi connectivity index (χ3v) is 1.30. The van der Waals surface area contributed by atoms with Crippen LogP contribution in [0.5, 0.6) is 0 Å². The largest absolute Gasteiger partial charge is 0.444 e. The number of likely N-dealkylation sites (N-methyl/N-ethyl adjacent to an activating group) is 1. The highest BCUT2D eigenvalue weighted by molar-refractivity contribution is 5.67. The average Bonchev–Trinajstić information content (AvgIpc) is 2.01. The number of nitrogens with zero attached hydrogens (tertiary/aromatic N) is 4. The van der Waals surface area contributed by atoms with Crippen LogP contribution < -0.4 is 0 Å². The standard InChI is InChI=1S/C8H16N4O2/c1-8(2,3)14-7(13)12(4)6-5-10-11-9/h5-6H2,1-4H3. The molecule has 0 aromatic heterocycles. The highest BCUT2D eigenvalue weighted by atomic mass is 16.6. The van der Waals surface area contributed by atoms with Crippen molar-refractivity contribution in [1.82, 2.24) is 4.90 Å². The van der Waals surface area contributed by atoms with Crippen LogP contribution in [0.15, 0.2) is 5.11 Å². The Bertz CT molecular complexity index is 240. The molecular weight excluding hydrogens is 184 g/mol. The predicted molar refractivity (Wildman–Crippen MR) is 52.9 cm³/mol. The zero-order chi connectivity index (χ0) is 11.2. The highest BCUT2D eigenvalue weighted by Crippen LogP contribution is 2.08. The van der Waals surface area contributed by atoms with Crippen LogP contribution in [0.1, 0.15) is 20.8 Å². The molecule has 0 aliphatic heterocycles. The zero-order valence-electron chi connectivity index (χ0n) is 9.02. The van der Waals surface area contributed by atoms with E-state index >= 15 is 0 Å². The van der Waals surface area contributed by atoms with E-state index in [-0.39, 0.29) is 6.54 Å². The van der Waals surface area contributed by atoms with Crippen molar-refractivity contribution in [1.29, 1.82) is 0 Å². The van der Waals surface area contributed by atoms with Crippen LogP contribution in [-0.2, 0) is 4.74 Å². The Morgan fingerprint density at radius 2 is 2.14 bits per heavy atom. The molecular formula is C8H16N4O2. The zero-order valence-corrected chi connectivity index (χ0v) is 9.02. The Labute approximate surface area is 83.5 Å². The van der Waals surface area contributed by atoms with Crippen molar-refractivity contribution in [3.8, 4) is 0 Å². The van der Waals surface area contributed by atoms with Crippen molar-refractivity contribution in [3.63, 3.8) is 0 Å². The summed E-state index contributed by atoms with van der Waals surface area (Å²) in [7, 11) is 1.60. The number of ether oxygens (including phenoxy) is 1. The minimum absolute atomic E-state index is 0.256. The van der Waals surface area contributed by atoms with Crippen LogP contribution >= 0.6 is 0 Å². The molecule has 0 fully saturated rings. The Morgan fingerprint density at radius 1 is 1.57 bits per heavy atom. The first-order valence-corrected chi connectivity index (χ1v) is 4.32. The number of carbonyl (C=O) groups is 1. The average molecular weight is 200 g/mol. The Hall–Kier alpha value is -1.42. The van der Waals surface area contributed by atoms with Crippen molar-refractivity contribution in [2.24, 2.45) is 5.11 Å². The van der Waals surface area contributed by atoms with Gasteiger partial charge >= 0.3 is 6.09 Å². The quantitative estimate of drug-likeness (QED) is 0.397. The second kappa shape index (κ2) is 5.34. The van der Waals surface area contributed by atoms with Gasteiger partial charge in [-0.2, -0.15) is 0 Å². The van der Waals surface area contributed by atoms with Gasteiger partial charge in [-0.1, -0.05) is 5.11 Å². The summed E-state index contributed by atoms with van der Waals surface area (Å²) in [6.07, 6.45) is -0.411. The lowest BCUT2D eigenvalue weighted by Crippen LogP contribution is -2.35. The molecule has 0 N–H and O–H groups in total. The third kappa shape index (κ3) is 6.14. The molecule has 0 saturated carbocycles. The fraction of sp³-hybridized carbons (Fsp3) is 0.875. The van der Waals surface area contributed by atoms with Gasteiger partial charge in [-0.05, 0) is 26.3 Å². The lowest BCUT2D eigenvalue weighted by molar-refractivity contribution is 0.0304. The van der Waals surface area contributed by atoms with Crippen LogP contribution in [0.3, 0.4) is 0 Å². The van der Waals surface area contributed by atoms with Gasteiger partial charge in [-0.25, -0.2) is 4.79 Å². The smallest absolute Gasteiger partial charge is 0.410 e. The maximum Gasteiger partial charge on any atom is 0.410 e. The van der Waals surface area contributed by atoms with Gasteiger partial charge in [0.05, 0.1) is 0 Å². The number of carbonyl (C=O) groups excluding carboxylic acids is 1. The fourth-order valence-electron chi connectivity index (χ4n) is 0.671. The summed E-state index contributed by atoms with van der Waals surface area (Å²) in [4.78, 5) is 15.3. The number of azide groups is 1. The van der Waals surface area contributed by atoms with E-state index in [0.29, 0.717) is 6.54 Å². The number of hydrogen-bond donors (Lipinski definition) is 0. The van der Waals surface area contributed by atoms with E-state index in [1.54, 1.807) is 27.8 Å². The lowest BCUT2D eigenvalue weighted by atomic mass is 10.2. The molecule has 0 aliphatic carbocycles. The molecule has 0 unspecified atom stereocenters. The van der Waals surface area contributed by atoms with Crippen LogP contribution in [0.4, 0.5) is 4.79 Å². The summed E-state index contributed by atoms with van der Waals surface area (Å²) in [6.45, 7) is 6.01. The van der Waals surface area contributed by atoms with Gasteiger partial charge in [-0.3, -0.25) is 0 Å². The van der Waals surface area contributed by atoms with Gasteiger partial charge in [0.15, 0.2) is 0 Å². The van der Waals surface area contributed by atoms with E-state index in [4.69, 9.17) is 10.3 Å². The molecule has 0 atom stereocenters. The van der Waals surface area contributed by atoms with Crippen LogP contribution in [0.25, 0.3) is 10.4 Å². The van der Waals surface area contributed by atoms with Gasteiger partial charge in [-0.15, -0.1) is 0 Å². The molecule has 0 spiro atoms. The Balaban J connectivity index is 3.94. The van der Waals surface area contributed by atoms with Gasteiger partial charge < -0.3 is 9.64 Å². The molecule has 0 aromatic carbocycles. The molecule has 6 heteroatoms. The molecule has 0 rings (SSSR count). The monoisotopic (exact) mass is 200 g/mol. The minimum Gasteiger partial charge on any atom is -0.444 e. The van der Waals surface area contributed by atoms with E-state index in [2.05, 4.69) is 10.0 Å². The van der Waals surface area contributed by atoms with Crippen molar-refractivity contribution < 1.29 is 9.53 Å². The van der Waals surface area contributed by atoms with Gasteiger partial charge in [0.1, 0.15) is 5.60 Å². The van der Waals surface area contributed by atoms with Crippen molar-refractivity contribution >= 4 is 6.09 Å². The first kappa shape index (κ1) is 12.6. The molecule has 0 saturated heterocycles. The van der Waals surface area contributed by atoms with Crippen molar-refractivity contribution in [3.05, 3.63) is 10.4 Å².